The van der Waals surface area contributed by atoms with Gasteiger partial charge < -0.3 is 20.7 Å². The average molecular weight is 389 g/mol. The van der Waals surface area contributed by atoms with Crippen molar-refractivity contribution in [3.8, 4) is 0 Å². The van der Waals surface area contributed by atoms with E-state index in [2.05, 4.69) is 16.0 Å². The zero-order valence-electron chi connectivity index (χ0n) is 15.5. The Morgan fingerprint density at radius 3 is 2.07 bits per heavy atom. The molecular weight excluding hydrogens is 366 g/mol. The first kappa shape index (κ1) is 20.4. The second kappa shape index (κ2) is 9.18. The van der Waals surface area contributed by atoms with Crippen LogP contribution in [0.1, 0.15) is 25.6 Å². The highest BCUT2D eigenvalue weighted by Gasteiger charge is 2.16. The largest absolute Gasteiger partial charge is 0.444 e. The van der Waals surface area contributed by atoms with Crippen LogP contribution >= 0.6 is 11.3 Å². The Morgan fingerprint density at radius 2 is 1.56 bits per heavy atom. The molecule has 0 fully saturated rings. The molecule has 1 aromatic carbocycles. The van der Waals surface area contributed by atoms with Gasteiger partial charge in [-0.3, -0.25) is 9.59 Å². The van der Waals surface area contributed by atoms with Crippen molar-refractivity contribution < 1.29 is 19.1 Å². The molecule has 1 heterocycles. The molecule has 2 aromatic rings. The van der Waals surface area contributed by atoms with Gasteiger partial charge in [0.15, 0.2) is 0 Å². The number of alkyl carbamates (subject to hydrolysis) is 1. The first-order valence-electron chi connectivity index (χ1n) is 8.40. The second-order valence-corrected chi connectivity index (χ2v) is 7.82. The predicted octanol–water partition coefficient (Wildman–Crippen LogP) is 3.39. The maximum absolute atomic E-state index is 12.0. The third-order valence-electron chi connectivity index (χ3n) is 3.16. The molecule has 0 spiro atoms. The topological polar surface area (TPSA) is 96.5 Å². The van der Waals surface area contributed by atoms with Crippen molar-refractivity contribution in [2.45, 2.75) is 32.8 Å². The summed E-state index contributed by atoms with van der Waals surface area (Å²) in [5.41, 5.74) is 0.577. The van der Waals surface area contributed by atoms with E-state index in [-0.39, 0.29) is 18.4 Å². The van der Waals surface area contributed by atoms with Crippen LogP contribution in [0.4, 0.5) is 16.2 Å². The summed E-state index contributed by atoms with van der Waals surface area (Å²) in [6, 6.07) is 10.6. The molecule has 0 atom stereocenters. The number of hydrogen-bond acceptors (Lipinski definition) is 5. The molecule has 144 valence electrons. The summed E-state index contributed by atoms with van der Waals surface area (Å²) in [5.74, 6) is -0.480. The summed E-state index contributed by atoms with van der Waals surface area (Å²) in [5, 5.41) is 9.78. The number of amides is 3. The van der Waals surface area contributed by atoms with E-state index in [1.165, 1.54) is 11.3 Å². The number of rotatable bonds is 6. The lowest BCUT2D eigenvalue weighted by Crippen LogP contribution is -2.37. The molecule has 0 radical (unpaired) electrons. The van der Waals surface area contributed by atoms with E-state index in [4.69, 9.17) is 4.74 Å². The Labute approximate surface area is 162 Å². The van der Waals surface area contributed by atoms with Crippen LogP contribution in [-0.4, -0.2) is 30.1 Å². The number of anilines is 2. The predicted molar refractivity (Wildman–Crippen MR) is 106 cm³/mol. The molecular formula is C19H23N3O4S. The van der Waals surface area contributed by atoms with E-state index >= 15 is 0 Å². The van der Waals surface area contributed by atoms with Gasteiger partial charge in [0.05, 0.1) is 6.42 Å². The molecule has 0 aliphatic heterocycles. The highest BCUT2D eigenvalue weighted by atomic mass is 32.1. The van der Waals surface area contributed by atoms with Gasteiger partial charge in [0.2, 0.25) is 11.8 Å². The maximum Gasteiger partial charge on any atom is 0.408 e. The van der Waals surface area contributed by atoms with Crippen molar-refractivity contribution in [3.05, 3.63) is 46.7 Å². The molecule has 8 heteroatoms. The van der Waals surface area contributed by atoms with Gasteiger partial charge in [-0.25, -0.2) is 4.79 Å². The summed E-state index contributed by atoms with van der Waals surface area (Å²) >= 11 is 1.53. The summed E-state index contributed by atoms with van der Waals surface area (Å²) in [4.78, 5) is 36.4. The van der Waals surface area contributed by atoms with Crippen molar-refractivity contribution >= 4 is 40.6 Å². The van der Waals surface area contributed by atoms with Crippen molar-refractivity contribution in [1.82, 2.24) is 5.32 Å². The molecule has 2 rings (SSSR count). The number of thiophene rings is 1. The Bertz CT molecular complexity index is 780. The van der Waals surface area contributed by atoms with E-state index in [1.54, 1.807) is 45.0 Å². The lowest BCUT2D eigenvalue weighted by Gasteiger charge is -2.19. The van der Waals surface area contributed by atoms with Crippen molar-refractivity contribution in [2.75, 3.05) is 17.2 Å². The summed E-state index contributed by atoms with van der Waals surface area (Å²) in [6.07, 6.45) is -0.326. The third kappa shape index (κ3) is 7.91. The minimum Gasteiger partial charge on any atom is -0.444 e. The highest BCUT2D eigenvalue weighted by molar-refractivity contribution is 7.10. The zero-order chi connectivity index (χ0) is 19.9. The molecule has 3 amide bonds. The fraction of sp³-hybridized carbons (Fsp3) is 0.316. The molecule has 0 bridgehead atoms. The first-order valence-corrected chi connectivity index (χ1v) is 9.28. The zero-order valence-corrected chi connectivity index (χ0v) is 16.3. The lowest BCUT2D eigenvalue weighted by molar-refractivity contribution is -0.116. The maximum atomic E-state index is 12.0. The van der Waals surface area contributed by atoms with E-state index < -0.39 is 11.7 Å². The number of carbonyl (C=O) groups excluding carboxylic acids is 3. The van der Waals surface area contributed by atoms with Crippen LogP contribution < -0.4 is 16.0 Å². The molecule has 0 saturated carbocycles. The van der Waals surface area contributed by atoms with Crippen LogP contribution in [0, 0.1) is 0 Å². The van der Waals surface area contributed by atoms with Crippen molar-refractivity contribution in [3.63, 3.8) is 0 Å². The number of ether oxygens (including phenoxy) is 1. The third-order valence-corrected chi connectivity index (χ3v) is 4.04. The van der Waals surface area contributed by atoms with Gasteiger partial charge in [0.1, 0.15) is 12.1 Å². The number of carbonyl (C=O) groups is 3. The average Bonchev–Trinajstić information content (AvgIpc) is 3.06. The van der Waals surface area contributed by atoms with Gasteiger partial charge in [-0.15, -0.1) is 11.3 Å². The highest BCUT2D eigenvalue weighted by Crippen LogP contribution is 2.15. The fourth-order valence-electron chi connectivity index (χ4n) is 2.09. The van der Waals surface area contributed by atoms with Gasteiger partial charge in [0, 0.05) is 16.3 Å². The minimum atomic E-state index is -0.651. The van der Waals surface area contributed by atoms with Crippen LogP contribution in [0.15, 0.2) is 41.8 Å². The summed E-state index contributed by atoms with van der Waals surface area (Å²) in [6.45, 7) is 5.03. The van der Waals surface area contributed by atoms with Crippen LogP contribution in [0.25, 0.3) is 0 Å². The monoisotopic (exact) mass is 389 g/mol. The quantitative estimate of drug-likeness (QED) is 0.705. The standard InChI is InChI=1S/C19H23N3O4S/c1-19(2,3)26-18(25)20-12-17(24)22-14-8-6-13(7-9-14)21-16(23)11-15-5-4-10-27-15/h4-10H,11-12H2,1-3H3,(H,20,25)(H,21,23)(H,22,24). The Kier molecular flexibility index (Phi) is 6.95. The van der Waals surface area contributed by atoms with E-state index in [1.807, 2.05) is 17.5 Å². The Morgan fingerprint density at radius 1 is 0.963 bits per heavy atom. The molecule has 27 heavy (non-hydrogen) atoms. The van der Waals surface area contributed by atoms with Gasteiger partial charge in [-0.1, -0.05) is 6.07 Å². The summed E-state index contributed by atoms with van der Waals surface area (Å²) < 4.78 is 5.06. The number of nitrogens with one attached hydrogen (secondary N) is 3. The van der Waals surface area contributed by atoms with Crippen LogP contribution in [-0.2, 0) is 20.7 Å². The normalized spacial score (nSPS) is 10.8. The van der Waals surface area contributed by atoms with Gasteiger partial charge in [-0.05, 0) is 56.5 Å². The van der Waals surface area contributed by atoms with Gasteiger partial charge in [-0.2, -0.15) is 0 Å². The van der Waals surface area contributed by atoms with Crippen molar-refractivity contribution in [1.29, 1.82) is 0 Å². The molecule has 3 N–H and O–H groups in total. The second-order valence-electron chi connectivity index (χ2n) is 6.79. The lowest BCUT2D eigenvalue weighted by atomic mass is 10.2. The fourth-order valence-corrected chi connectivity index (χ4v) is 2.79. The van der Waals surface area contributed by atoms with E-state index in [9.17, 15) is 14.4 Å². The molecule has 0 saturated heterocycles. The molecule has 1 aromatic heterocycles. The first-order chi connectivity index (χ1) is 12.7. The van der Waals surface area contributed by atoms with E-state index in [0.29, 0.717) is 17.8 Å². The Hall–Kier alpha value is -2.87. The van der Waals surface area contributed by atoms with Crippen LogP contribution in [0.5, 0.6) is 0 Å². The Balaban J connectivity index is 1.76. The number of hydrogen-bond donors (Lipinski definition) is 3. The molecule has 0 aliphatic rings. The smallest absolute Gasteiger partial charge is 0.408 e. The van der Waals surface area contributed by atoms with Gasteiger partial charge >= 0.3 is 6.09 Å². The van der Waals surface area contributed by atoms with Crippen LogP contribution in [0.2, 0.25) is 0 Å². The van der Waals surface area contributed by atoms with Gasteiger partial charge in [0.25, 0.3) is 0 Å². The SMILES string of the molecule is CC(C)(C)OC(=O)NCC(=O)Nc1ccc(NC(=O)Cc2cccs2)cc1. The molecule has 0 unspecified atom stereocenters. The summed E-state index contributed by atoms with van der Waals surface area (Å²) in [7, 11) is 0. The van der Waals surface area contributed by atoms with Crippen LogP contribution in [0.3, 0.4) is 0 Å². The molecule has 7 nitrogen and oxygen atoms in total. The van der Waals surface area contributed by atoms with Crippen molar-refractivity contribution in [2.24, 2.45) is 0 Å². The number of benzene rings is 1. The minimum absolute atomic E-state index is 0.101. The van der Waals surface area contributed by atoms with E-state index in [0.717, 1.165) is 4.88 Å². The molecule has 0 aliphatic carbocycles.